The molecule has 0 spiro atoms. The molecule has 0 bridgehead atoms. The van der Waals surface area contributed by atoms with Crippen molar-refractivity contribution < 1.29 is 4.74 Å². The van der Waals surface area contributed by atoms with Gasteiger partial charge in [0, 0.05) is 24.3 Å². The molecule has 1 aliphatic heterocycles. The first-order valence-electron chi connectivity index (χ1n) is 4.47. The van der Waals surface area contributed by atoms with Crippen LogP contribution in [0.2, 0.25) is 0 Å². The molecule has 0 amide bonds. The number of rotatable bonds is 0. The molecule has 1 aromatic heterocycles. The molecular weight excluding hydrogens is 166 g/mol. The number of nitrogens with zero attached hydrogens (tertiary/aromatic N) is 2. The molecule has 1 aromatic rings. The van der Waals surface area contributed by atoms with Crippen molar-refractivity contribution in [3.63, 3.8) is 0 Å². The molecule has 1 N–H and O–H groups in total. The zero-order valence-electron chi connectivity index (χ0n) is 7.87. The standard InChI is InChI=1S/C9H13N3O/c1-6-8-5-11-7(2)12-9(8)13-4-3-10-6/h5-6,10H,3-4H2,1-2H3/t6-/m0/s1. The molecule has 1 atom stereocenters. The van der Waals surface area contributed by atoms with E-state index in [0.717, 1.165) is 23.8 Å². The molecule has 0 aliphatic carbocycles. The van der Waals surface area contributed by atoms with E-state index in [1.165, 1.54) is 0 Å². The average Bonchev–Trinajstić information content (AvgIpc) is 2.28. The highest BCUT2D eigenvalue weighted by Crippen LogP contribution is 2.23. The summed E-state index contributed by atoms with van der Waals surface area (Å²) in [6, 6.07) is 0.276. The first-order chi connectivity index (χ1) is 6.27. The lowest BCUT2D eigenvalue weighted by atomic mass is 10.2. The number of nitrogens with one attached hydrogen (secondary N) is 1. The molecule has 13 heavy (non-hydrogen) atoms. The van der Waals surface area contributed by atoms with Crippen molar-refractivity contribution in [2.45, 2.75) is 19.9 Å². The lowest BCUT2D eigenvalue weighted by Crippen LogP contribution is -2.20. The van der Waals surface area contributed by atoms with Crippen LogP contribution in [0.5, 0.6) is 5.88 Å². The Hall–Kier alpha value is -1.16. The van der Waals surface area contributed by atoms with Crippen molar-refractivity contribution in [2.24, 2.45) is 0 Å². The smallest absolute Gasteiger partial charge is 0.221 e. The van der Waals surface area contributed by atoms with Crippen molar-refractivity contribution in [2.75, 3.05) is 13.2 Å². The van der Waals surface area contributed by atoms with Crippen LogP contribution in [0, 0.1) is 6.92 Å². The Labute approximate surface area is 77.4 Å². The van der Waals surface area contributed by atoms with E-state index in [0.29, 0.717) is 6.61 Å². The maximum Gasteiger partial charge on any atom is 0.221 e. The average molecular weight is 179 g/mol. The zero-order chi connectivity index (χ0) is 9.26. The second-order valence-electron chi connectivity index (χ2n) is 3.20. The minimum Gasteiger partial charge on any atom is -0.476 e. The Kier molecular flexibility index (Phi) is 2.14. The largest absolute Gasteiger partial charge is 0.476 e. The van der Waals surface area contributed by atoms with Crippen LogP contribution in [0.3, 0.4) is 0 Å². The lowest BCUT2D eigenvalue weighted by Gasteiger charge is -2.10. The predicted octanol–water partition coefficient (Wildman–Crippen LogP) is 0.828. The molecule has 0 saturated carbocycles. The van der Waals surface area contributed by atoms with Gasteiger partial charge in [0.1, 0.15) is 12.4 Å². The van der Waals surface area contributed by atoms with E-state index in [9.17, 15) is 0 Å². The van der Waals surface area contributed by atoms with E-state index in [1.807, 2.05) is 13.1 Å². The zero-order valence-corrected chi connectivity index (χ0v) is 7.87. The fraction of sp³-hybridized carbons (Fsp3) is 0.556. The molecule has 0 saturated heterocycles. The highest BCUT2D eigenvalue weighted by Gasteiger charge is 2.16. The van der Waals surface area contributed by atoms with Gasteiger partial charge < -0.3 is 10.1 Å². The van der Waals surface area contributed by atoms with Gasteiger partial charge in [-0.3, -0.25) is 0 Å². The minimum atomic E-state index is 0.276. The highest BCUT2D eigenvalue weighted by atomic mass is 16.5. The normalized spacial score (nSPS) is 21.5. The van der Waals surface area contributed by atoms with Crippen LogP contribution in [-0.4, -0.2) is 23.1 Å². The Morgan fingerprint density at radius 1 is 1.62 bits per heavy atom. The van der Waals surface area contributed by atoms with Crippen LogP contribution < -0.4 is 10.1 Å². The summed E-state index contributed by atoms with van der Waals surface area (Å²) in [5.41, 5.74) is 1.04. The summed E-state index contributed by atoms with van der Waals surface area (Å²) >= 11 is 0. The van der Waals surface area contributed by atoms with E-state index < -0.39 is 0 Å². The Balaban J connectivity index is 2.42. The van der Waals surface area contributed by atoms with Crippen LogP contribution in [0.15, 0.2) is 6.20 Å². The molecular formula is C9H13N3O. The van der Waals surface area contributed by atoms with Crippen LogP contribution in [0.25, 0.3) is 0 Å². The van der Waals surface area contributed by atoms with Crippen LogP contribution in [0.4, 0.5) is 0 Å². The molecule has 0 unspecified atom stereocenters. The number of aryl methyl sites for hydroxylation is 1. The number of hydrogen-bond donors (Lipinski definition) is 1. The summed E-state index contributed by atoms with van der Waals surface area (Å²) in [6.45, 7) is 5.49. The summed E-state index contributed by atoms with van der Waals surface area (Å²) < 4.78 is 5.49. The highest BCUT2D eigenvalue weighted by molar-refractivity contribution is 5.27. The van der Waals surface area contributed by atoms with E-state index in [4.69, 9.17) is 4.74 Å². The van der Waals surface area contributed by atoms with Gasteiger partial charge in [0.25, 0.3) is 0 Å². The summed E-state index contributed by atoms with van der Waals surface area (Å²) in [5.74, 6) is 1.48. The third kappa shape index (κ3) is 1.62. The first-order valence-corrected chi connectivity index (χ1v) is 4.47. The fourth-order valence-corrected chi connectivity index (χ4v) is 1.40. The van der Waals surface area contributed by atoms with Crippen molar-refractivity contribution in [3.8, 4) is 5.88 Å². The summed E-state index contributed by atoms with van der Waals surface area (Å²) in [7, 11) is 0. The van der Waals surface area contributed by atoms with Crippen molar-refractivity contribution >= 4 is 0 Å². The molecule has 0 radical (unpaired) electrons. The van der Waals surface area contributed by atoms with E-state index in [-0.39, 0.29) is 6.04 Å². The van der Waals surface area contributed by atoms with E-state index >= 15 is 0 Å². The Bertz CT molecular complexity index is 314. The Morgan fingerprint density at radius 3 is 3.31 bits per heavy atom. The summed E-state index contributed by atoms with van der Waals surface area (Å²) in [4.78, 5) is 8.40. The van der Waals surface area contributed by atoms with E-state index in [2.05, 4.69) is 22.2 Å². The third-order valence-corrected chi connectivity index (χ3v) is 2.16. The van der Waals surface area contributed by atoms with Gasteiger partial charge >= 0.3 is 0 Å². The topological polar surface area (TPSA) is 47.0 Å². The van der Waals surface area contributed by atoms with Gasteiger partial charge in [-0.2, -0.15) is 4.98 Å². The van der Waals surface area contributed by atoms with Crippen LogP contribution in [0.1, 0.15) is 24.4 Å². The molecule has 0 fully saturated rings. The van der Waals surface area contributed by atoms with Gasteiger partial charge in [-0.05, 0) is 13.8 Å². The van der Waals surface area contributed by atoms with Crippen molar-refractivity contribution in [1.29, 1.82) is 0 Å². The number of aromatic nitrogens is 2. The monoisotopic (exact) mass is 179 g/mol. The third-order valence-electron chi connectivity index (χ3n) is 2.16. The number of fused-ring (bicyclic) bond motifs is 1. The molecule has 0 aromatic carbocycles. The quantitative estimate of drug-likeness (QED) is 0.640. The fourth-order valence-electron chi connectivity index (χ4n) is 1.40. The van der Waals surface area contributed by atoms with Crippen molar-refractivity contribution in [1.82, 2.24) is 15.3 Å². The molecule has 70 valence electrons. The van der Waals surface area contributed by atoms with Gasteiger partial charge in [0.15, 0.2) is 0 Å². The summed E-state index contributed by atoms with van der Waals surface area (Å²) in [5, 5.41) is 3.32. The molecule has 2 rings (SSSR count). The molecule has 1 aliphatic rings. The maximum absolute atomic E-state index is 5.49. The second-order valence-corrected chi connectivity index (χ2v) is 3.20. The van der Waals surface area contributed by atoms with Gasteiger partial charge in [-0.25, -0.2) is 4.98 Å². The summed E-state index contributed by atoms with van der Waals surface area (Å²) in [6.07, 6.45) is 1.83. The van der Waals surface area contributed by atoms with E-state index in [1.54, 1.807) is 0 Å². The van der Waals surface area contributed by atoms with Gasteiger partial charge in [-0.1, -0.05) is 0 Å². The van der Waals surface area contributed by atoms with Crippen LogP contribution in [-0.2, 0) is 0 Å². The Morgan fingerprint density at radius 2 is 2.46 bits per heavy atom. The molecule has 2 heterocycles. The van der Waals surface area contributed by atoms with Gasteiger partial charge in [0.2, 0.25) is 5.88 Å². The lowest BCUT2D eigenvalue weighted by molar-refractivity contribution is 0.312. The van der Waals surface area contributed by atoms with Crippen molar-refractivity contribution in [3.05, 3.63) is 17.6 Å². The predicted molar refractivity (Wildman–Crippen MR) is 48.7 cm³/mol. The SMILES string of the molecule is Cc1ncc2c(n1)OCCN[C@H]2C. The first kappa shape index (κ1) is 8.44. The molecule has 4 heteroatoms. The van der Waals surface area contributed by atoms with Crippen LogP contribution >= 0.6 is 0 Å². The van der Waals surface area contributed by atoms with Gasteiger partial charge in [-0.15, -0.1) is 0 Å². The number of ether oxygens (including phenoxy) is 1. The second kappa shape index (κ2) is 3.30. The minimum absolute atomic E-state index is 0.276. The maximum atomic E-state index is 5.49. The number of hydrogen-bond acceptors (Lipinski definition) is 4. The van der Waals surface area contributed by atoms with Gasteiger partial charge in [0.05, 0.1) is 0 Å². The molecule has 4 nitrogen and oxygen atoms in total.